The van der Waals surface area contributed by atoms with Gasteiger partial charge in [0.05, 0.1) is 22.0 Å². The number of carbonyl (C=O) groups is 1. The lowest BCUT2D eigenvalue weighted by Crippen LogP contribution is -2.77. The molecule has 0 amide bonds. The largest absolute Gasteiger partial charge is 0.504 e. The molecule has 11 rings (SSSR count). The van der Waals surface area contributed by atoms with E-state index in [0.717, 1.165) is 68.4 Å². The molecule has 2 saturated carbocycles. The second-order valence-electron chi connectivity index (χ2n) is 16.6. The van der Waals surface area contributed by atoms with Crippen molar-refractivity contribution in [3.63, 3.8) is 0 Å². The van der Waals surface area contributed by atoms with Crippen molar-refractivity contribution in [3.8, 4) is 23.0 Å². The molecule has 5 N–H and O–H groups in total. The summed E-state index contributed by atoms with van der Waals surface area (Å²) in [7, 11) is 4.18. The third-order valence-corrected chi connectivity index (χ3v) is 14.7. The highest BCUT2D eigenvalue weighted by Crippen LogP contribution is 2.66. The molecule has 2 saturated heterocycles. The van der Waals surface area contributed by atoms with E-state index in [9.17, 15) is 25.2 Å². The molecule has 4 fully saturated rings. The summed E-state index contributed by atoms with van der Waals surface area (Å²) in [6.45, 7) is 2.54. The van der Waals surface area contributed by atoms with Crippen LogP contribution in [-0.4, -0.2) is 105 Å². The van der Waals surface area contributed by atoms with Crippen LogP contribution in [0.5, 0.6) is 23.0 Å². The number of likely N-dealkylation sites (N-methyl/N-ethyl adjacent to an activating group) is 2. The molecule has 10 nitrogen and oxygen atoms in total. The summed E-state index contributed by atoms with van der Waals surface area (Å²) >= 11 is 0. The zero-order valence-corrected chi connectivity index (χ0v) is 29.3. The van der Waals surface area contributed by atoms with Crippen molar-refractivity contribution < 1.29 is 34.7 Å². The number of nitrogens with zero attached hydrogens (tertiary/aromatic N) is 2. The standard InChI is InChI=1S/C24H28N2O3.C17H19NO4.3CH4/c1-26-12-11-23-20-16-7-8-18(27)21(20)29-22(23)17(9-10-24(23,28)19(26)13-16)25-14-15-5-3-2-4-6-15;1-18-7-6-16-13-9-2-3-10(19)14(13)22-15(16)11(20)4-5-17(16,21)12(18)8-9;;;/h2-8,17,19,22,25,27-28H,9-14H2,1H3;2-3,12,15,19,21H,4-8H2,1H3;3*1H4/t17-,19+,22-,23-,24+;12-,15+,16+,17-;;;/m01.../s1. The Bertz CT molecular complexity index is 1960. The van der Waals surface area contributed by atoms with Crippen molar-refractivity contribution in [1.29, 1.82) is 0 Å². The molecular weight excluding hydrogens is 682 g/mol. The minimum atomic E-state index is -0.954. The molecule has 3 aromatic rings. The average molecular weight is 742 g/mol. The van der Waals surface area contributed by atoms with E-state index in [2.05, 4.69) is 46.4 Å². The zero-order chi connectivity index (χ0) is 35.1. The molecule has 2 spiro atoms. The topological polar surface area (TPSA) is 135 Å². The first kappa shape index (κ1) is 38.6. The van der Waals surface area contributed by atoms with Gasteiger partial charge in [0.1, 0.15) is 6.10 Å². The maximum Gasteiger partial charge on any atom is 0.174 e. The van der Waals surface area contributed by atoms with Gasteiger partial charge in [-0.05, 0) is 101 Å². The van der Waals surface area contributed by atoms with Crippen LogP contribution in [0.4, 0.5) is 0 Å². The molecule has 3 aromatic carbocycles. The van der Waals surface area contributed by atoms with Crippen LogP contribution >= 0.6 is 0 Å². The lowest BCUT2D eigenvalue weighted by molar-refractivity contribution is -0.187. The van der Waals surface area contributed by atoms with Gasteiger partial charge in [-0.2, -0.15) is 0 Å². The van der Waals surface area contributed by atoms with Gasteiger partial charge in [-0.25, -0.2) is 0 Å². The Morgan fingerprint density at radius 3 is 1.93 bits per heavy atom. The van der Waals surface area contributed by atoms with Gasteiger partial charge >= 0.3 is 0 Å². The summed E-state index contributed by atoms with van der Waals surface area (Å²) in [5.74, 6) is 1.38. The minimum absolute atomic E-state index is 0. The van der Waals surface area contributed by atoms with Crippen molar-refractivity contribution >= 4 is 5.78 Å². The summed E-state index contributed by atoms with van der Waals surface area (Å²) < 4.78 is 12.5. The number of carbonyl (C=O) groups excluding carboxylic acids is 1. The second-order valence-corrected chi connectivity index (χ2v) is 16.6. The quantitative estimate of drug-likeness (QED) is 0.250. The third-order valence-electron chi connectivity index (χ3n) is 14.7. The maximum absolute atomic E-state index is 12.5. The number of hydrogen-bond donors (Lipinski definition) is 5. The highest BCUT2D eigenvalue weighted by Gasteiger charge is 2.74. The Hall–Kier alpha value is -3.67. The van der Waals surface area contributed by atoms with Crippen molar-refractivity contribution in [2.45, 2.75) is 133 Å². The Balaban J connectivity index is 0.000000163. The number of aliphatic hydroxyl groups is 2. The lowest BCUT2D eigenvalue weighted by Gasteiger charge is -2.63. The molecule has 4 aliphatic carbocycles. The van der Waals surface area contributed by atoms with Crippen LogP contribution in [-0.2, 0) is 35.0 Å². The Morgan fingerprint density at radius 1 is 0.741 bits per heavy atom. The van der Waals surface area contributed by atoms with E-state index in [1.165, 1.54) is 11.1 Å². The van der Waals surface area contributed by atoms with Crippen molar-refractivity contribution in [1.82, 2.24) is 15.1 Å². The summed E-state index contributed by atoms with van der Waals surface area (Å²) in [6.07, 6.45) is 4.73. The number of phenols is 2. The second kappa shape index (κ2) is 12.9. The minimum Gasteiger partial charge on any atom is -0.504 e. The van der Waals surface area contributed by atoms with Gasteiger partial charge in [0.2, 0.25) is 0 Å². The number of rotatable bonds is 3. The van der Waals surface area contributed by atoms with Gasteiger partial charge in [-0.1, -0.05) is 64.7 Å². The van der Waals surface area contributed by atoms with E-state index in [4.69, 9.17) is 9.47 Å². The van der Waals surface area contributed by atoms with E-state index < -0.39 is 28.1 Å². The molecule has 10 heteroatoms. The number of likely N-dealkylation sites (tertiary alicyclic amines) is 2. The van der Waals surface area contributed by atoms with Gasteiger partial charge in [-0.15, -0.1) is 0 Å². The maximum atomic E-state index is 12.5. The summed E-state index contributed by atoms with van der Waals surface area (Å²) in [4.78, 5) is 17.1. The van der Waals surface area contributed by atoms with E-state index in [-0.39, 0.29) is 63.8 Å². The van der Waals surface area contributed by atoms with Crippen LogP contribution in [0.1, 0.15) is 88.6 Å². The molecule has 4 bridgehead atoms. The molecule has 0 radical (unpaired) electrons. The fourth-order valence-corrected chi connectivity index (χ4v) is 12.3. The van der Waals surface area contributed by atoms with Gasteiger partial charge in [-0.3, -0.25) is 4.79 Å². The van der Waals surface area contributed by atoms with Crippen molar-refractivity contribution in [3.05, 3.63) is 82.4 Å². The number of phenolic OH excluding ortho intramolecular Hbond substituents is 2. The van der Waals surface area contributed by atoms with Crippen molar-refractivity contribution in [2.75, 3.05) is 27.2 Å². The highest BCUT2D eigenvalue weighted by molar-refractivity contribution is 5.90. The predicted octanol–water partition coefficient (Wildman–Crippen LogP) is 4.99. The Kier molecular flexibility index (Phi) is 9.26. The molecule has 292 valence electrons. The first-order valence-electron chi connectivity index (χ1n) is 18.7. The molecule has 8 aliphatic rings. The van der Waals surface area contributed by atoms with E-state index in [1.54, 1.807) is 12.1 Å². The normalized spacial score (nSPS) is 37.0. The van der Waals surface area contributed by atoms with E-state index in [1.807, 2.05) is 25.2 Å². The van der Waals surface area contributed by atoms with E-state index >= 15 is 0 Å². The molecule has 4 heterocycles. The number of ketones is 1. The highest BCUT2D eigenvalue weighted by atomic mass is 16.5. The SMILES string of the molecule is C.C.C.CN1CC[C@]23c4c5ccc(O)c4O[C@H]2C(=O)CC[C@@]3(O)[C@H]1C5.CN1CC[C@]23c4c5ccc(O)c4O[C@H]2[C@@H](NCc2ccccc2)CC[C@@]3(O)[C@H]1C5. The van der Waals surface area contributed by atoms with Crippen LogP contribution in [0.25, 0.3) is 0 Å². The van der Waals surface area contributed by atoms with Crippen LogP contribution in [0.2, 0.25) is 0 Å². The molecular formula is C44H59N3O7. The monoisotopic (exact) mass is 741 g/mol. The third kappa shape index (κ3) is 4.61. The van der Waals surface area contributed by atoms with Crippen LogP contribution in [0.3, 0.4) is 0 Å². The summed E-state index contributed by atoms with van der Waals surface area (Å²) in [5, 5.41) is 48.3. The molecule has 54 heavy (non-hydrogen) atoms. The van der Waals surface area contributed by atoms with Crippen molar-refractivity contribution in [2.24, 2.45) is 0 Å². The lowest BCUT2D eigenvalue weighted by atomic mass is 9.48. The molecule has 0 aromatic heterocycles. The number of nitrogens with one attached hydrogen (secondary N) is 1. The number of benzene rings is 3. The molecule has 4 aliphatic heterocycles. The zero-order valence-electron chi connectivity index (χ0n) is 29.3. The number of hydrogen-bond acceptors (Lipinski definition) is 10. The average Bonchev–Trinajstić information content (AvgIpc) is 3.67. The van der Waals surface area contributed by atoms with Gasteiger partial charge in [0.25, 0.3) is 0 Å². The van der Waals surface area contributed by atoms with Crippen LogP contribution in [0.15, 0.2) is 54.6 Å². The Morgan fingerprint density at radius 2 is 1.30 bits per heavy atom. The number of aromatic hydroxyl groups is 2. The molecule has 0 unspecified atom stereocenters. The Labute approximate surface area is 320 Å². The van der Waals surface area contributed by atoms with Crippen LogP contribution in [0, 0.1) is 0 Å². The predicted molar refractivity (Wildman–Crippen MR) is 209 cm³/mol. The number of piperidine rings is 2. The summed E-state index contributed by atoms with van der Waals surface area (Å²) in [5.41, 5.74) is 2.66. The first-order chi connectivity index (χ1) is 24.5. The van der Waals surface area contributed by atoms with Gasteiger partial charge in [0.15, 0.2) is 34.9 Å². The first-order valence-corrected chi connectivity index (χ1v) is 18.7. The van der Waals surface area contributed by atoms with Gasteiger partial charge < -0.3 is 45.0 Å². The number of Topliss-reactive ketones (excluding diaryl/α,β-unsaturated/α-hetero) is 1. The van der Waals surface area contributed by atoms with Gasteiger partial charge in [0, 0.05) is 42.2 Å². The fraction of sp³-hybridized carbons (Fsp3) is 0.568. The summed E-state index contributed by atoms with van der Waals surface area (Å²) in [6, 6.07) is 18.0. The fourth-order valence-electron chi connectivity index (χ4n) is 12.3. The molecule has 9 atom stereocenters. The van der Waals surface area contributed by atoms with Crippen LogP contribution < -0.4 is 14.8 Å². The smallest absolute Gasteiger partial charge is 0.174 e. The number of ether oxygens (including phenoxy) is 2. The van der Waals surface area contributed by atoms with E-state index in [0.29, 0.717) is 30.8 Å².